The summed E-state index contributed by atoms with van der Waals surface area (Å²) in [6, 6.07) is 12.0. The number of aromatic nitrogens is 3. The molecule has 1 unspecified atom stereocenters. The third-order valence-corrected chi connectivity index (χ3v) is 6.66. The quantitative estimate of drug-likeness (QED) is 0.388. The number of β-amino-alcohol motifs (C(OH)–C–C–N with tert-alkyl or cyclic N) is 1. The van der Waals surface area contributed by atoms with Crippen LogP contribution in [-0.2, 0) is 6.42 Å². The molecule has 2 aromatic heterocycles. The Morgan fingerprint density at radius 1 is 1.16 bits per heavy atom. The molecule has 38 heavy (non-hydrogen) atoms. The van der Waals surface area contributed by atoms with Crippen LogP contribution in [-0.4, -0.2) is 58.7 Å². The van der Waals surface area contributed by atoms with E-state index in [0.29, 0.717) is 36.8 Å². The van der Waals surface area contributed by atoms with Gasteiger partial charge in [-0.05, 0) is 42.3 Å². The van der Waals surface area contributed by atoms with E-state index in [0.717, 1.165) is 28.2 Å². The van der Waals surface area contributed by atoms with E-state index in [1.807, 2.05) is 25.1 Å². The van der Waals surface area contributed by atoms with Gasteiger partial charge < -0.3 is 29.0 Å². The number of ether oxygens (including phenoxy) is 4. The summed E-state index contributed by atoms with van der Waals surface area (Å²) >= 11 is 0. The maximum atomic E-state index is 12.4. The number of aliphatic hydroxyl groups is 1. The van der Waals surface area contributed by atoms with E-state index in [-0.39, 0.29) is 12.4 Å². The van der Waals surface area contributed by atoms with Crippen LogP contribution < -0.4 is 23.8 Å². The molecule has 4 aromatic rings. The van der Waals surface area contributed by atoms with Crippen LogP contribution in [0.2, 0.25) is 0 Å². The summed E-state index contributed by atoms with van der Waals surface area (Å²) in [7, 11) is 1.56. The number of hydrogen-bond acceptors (Lipinski definition) is 8. The molecule has 1 saturated heterocycles. The number of benzene rings is 2. The van der Waals surface area contributed by atoms with Crippen LogP contribution in [0.4, 0.5) is 14.5 Å². The number of rotatable bonds is 7. The first-order valence-electron chi connectivity index (χ1n) is 12.1. The molecule has 1 N–H and O–H groups in total. The minimum absolute atomic E-state index is 0.0786. The molecular weight excluding hydrogens is 498 g/mol. The van der Waals surface area contributed by atoms with Crippen LogP contribution in [0.1, 0.15) is 29.8 Å². The third-order valence-electron chi connectivity index (χ3n) is 6.66. The molecule has 1 fully saturated rings. The van der Waals surface area contributed by atoms with E-state index in [1.54, 1.807) is 36.2 Å². The van der Waals surface area contributed by atoms with Gasteiger partial charge in [0.2, 0.25) is 5.75 Å². The van der Waals surface area contributed by atoms with Crippen molar-refractivity contribution in [2.75, 3.05) is 31.7 Å². The second-order valence-electron chi connectivity index (χ2n) is 9.75. The number of methoxy groups -OCH3 is 1. The molecule has 2 aliphatic rings. The van der Waals surface area contributed by atoms with Crippen molar-refractivity contribution in [3.05, 3.63) is 71.7 Å². The van der Waals surface area contributed by atoms with Gasteiger partial charge >= 0.3 is 6.61 Å². The van der Waals surface area contributed by atoms with Crippen LogP contribution in [0.25, 0.3) is 5.65 Å². The summed E-state index contributed by atoms with van der Waals surface area (Å²) in [5, 5.41) is 14.6. The van der Waals surface area contributed by atoms with Gasteiger partial charge in [-0.15, -0.1) is 0 Å². The molecule has 2 aliphatic heterocycles. The molecule has 0 bridgehead atoms. The standard InChI is InChI=1S/C27H26F2N4O5/c1-27(34)14-32(15-27)18-10-24-30-11-19(33(24)31-12-18)7-16-8-21(35-2)25-22(9-16)36-13-23(38-25)17-3-5-20(6-4-17)37-26(28)29/h3-6,8-12,23,26,34H,7,13-15H2,1-2H3. The topological polar surface area (TPSA) is 90.6 Å². The summed E-state index contributed by atoms with van der Waals surface area (Å²) in [5.74, 6) is 1.64. The van der Waals surface area contributed by atoms with Crippen molar-refractivity contribution in [3.8, 4) is 23.0 Å². The number of fused-ring (bicyclic) bond motifs is 2. The second-order valence-corrected chi connectivity index (χ2v) is 9.75. The van der Waals surface area contributed by atoms with Crippen molar-refractivity contribution in [1.29, 1.82) is 0 Å². The zero-order valence-corrected chi connectivity index (χ0v) is 20.8. The smallest absolute Gasteiger partial charge is 0.387 e. The lowest BCUT2D eigenvalue weighted by Gasteiger charge is -2.45. The van der Waals surface area contributed by atoms with Gasteiger partial charge in [0.25, 0.3) is 0 Å². The summed E-state index contributed by atoms with van der Waals surface area (Å²) in [4.78, 5) is 6.58. The Labute approximate surface area is 217 Å². The van der Waals surface area contributed by atoms with Gasteiger partial charge in [-0.2, -0.15) is 13.9 Å². The van der Waals surface area contributed by atoms with E-state index < -0.39 is 18.3 Å². The van der Waals surface area contributed by atoms with Crippen LogP contribution in [0.3, 0.4) is 0 Å². The average molecular weight is 525 g/mol. The minimum Gasteiger partial charge on any atom is -0.493 e. The molecule has 0 spiro atoms. The SMILES string of the molecule is COc1cc(Cc2cnc3cc(N4CC(C)(O)C4)cnn23)cc2c1OC(c1ccc(OC(F)F)cc1)CO2. The summed E-state index contributed by atoms with van der Waals surface area (Å²) in [6.07, 6.45) is 3.67. The normalized spacial score (nSPS) is 17.9. The monoisotopic (exact) mass is 524 g/mol. The number of nitrogens with zero attached hydrogens (tertiary/aromatic N) is 4. The Hall–Kier alpha value is -4.12. The number of hydrogen-bond donors (Lipinski definition) is 1. The van der Waals surface area contributed by atoms with Gasteiger partial charge in [0.15, 0.2) is 23.3 Å². The molecule has 0 radical (unpaired) electrons. The van der Waals surface area contributed by atoms with Crippen molar-refractivity contribution in [2.24, 2.45) is 0 Å². The first kappa shape index (κ1) is 24.2. The van der Waals surface area contributed by atoms with Crippen molar-refractivity contribution in [3.63, 3.8) is 0 Å². The lowest BCUT2D eigenvalue weighted by molar-refractivity contribution is -0.0498. The van der Waals surface area contributed by atoms with E-state index >= 15 is 0 Å². The van der Waals surface area contributed by atoms with Crippen molar-refractivity contribution in [1.82, 2.24) is 14.6 Å². The summed E-state index contributed by atoms with van der Waals surface area (Å²) in [5.41, 5.74) is 3.57. The molecule has 0 aliphatic carbocycles. The van der Waals surface area contributed by atoms with Gasteiger partial charge in [-0.1, -0.05) is 12.1 Å². The number of alkyl halides is 2. The lowest BCUT2D eigenvalue weighted by atomic mass is 9.96. The lowest BCUT2D eigenvalue weighted by Crippen LogP contribution is -2.60. The van der Waals surface area contributed by atoms with Crippen LogP contribution >= 0.6 is 0 Å². The zero-order valence-electron chi connectivity index (χ0n) is 20.8. The molecule has 6 rings (SSSR count). The predicted molar refractivity (Wildman–Crippen MR) is 134 cm³/mol. The van der Waals surface area contributed by atoms with E-state index in [2.05, 4.69) is 19.7 Å². The first-order chi connectivity index (χ1) is 18.3. The van der Waals surface area contributed by atoms with Gasteiger partial charge in [0.05, 0.1) is 36.5 Å². The zero-order chi connectivity index (χ0) is 26.4. The molecule has 4 heterocycles. The first-order valence-corrected chi connectivity index (χ1v) is 12.1. The van der Waals surface area contributed by atoms with Crippen LogP contribution in [0.5, 0.6) is 23.0 Å². The fraction of sp³-hybridized carbons (Fsp3) is 0.333. The highest BCUT2D eigenvalue weighted by Gasteiger charge is 2.37. The Balaban J connectivity index is 1.20. The van der Waals surface area contributed by atoms with Crippen molar-refractivity contribution in [2.45, 2.75) is 31.7 Å². The van der Waals surface area contributed by atoms with E-state index in [4.69, 9.17) is 14.2 Å². The summed E-state index contributed by atoms with van der Waals surface area (Å²) in [6.45, 7) is 0.316. The maximum Gasteiger partial charge on any atom is 0.387 e. The highest BCUT2D eigenvalue weighted by atomic mass is 19.3. The Bertz CT molecular complexity index is 1450. The molecule has 0 saturated carbocycles. The number of halogens is 2. The van der Waals surface area contributed by atoms with Crippen molar-refractivity contribution >= 4 is 11.3 Å². The largest absolute Gasteiger partial charge is 0.493 e. The summed E-state index contributed by atoms with van der Waals surface area (Å²) < 4.78 is 48.9. The van der Waals surface area contributed by atoms with Gasteiger partial charge in [-0.25, -0.2) is 9.50 Å². The molecule has 0 amide bonds. The molecule has 198 valence electrons. The predicted octanol–water partition coefficient (Wildman–Crippen LogP) is 4.01. The van der Waals surface area contributed by atoms with Gasteiger partial charge in [0.1, 0.15) is 12.4 Å². The van der Waals surface area contributed by atoms with Gasteiger partial charge in [0, 0.05) is 25.6 Å². The number of imidazole rings is 1. The van der Waals surface area contributed by atoms with E-state index in [9.17, 15) is 13.9 Å². The molecule has 11 heteroatoms. The van der Waals surface area contributed by atoms with Crippen LogP contribution in [0, 0.1) is 0 Å². The molecular formula is C27H26F2N4O5. The number of anilines is 1. The Morgan fingerprint density at radius 3 is 2.66 bits per heavy atom. The van der Waals surface area contributed by atoms with Gasteiger partial charge in [-0.3, -0.25) is 0 Å². The average Bonchev–Trinajstić information content (AvgIpc) is 3.28. The molecule has 2 aromatic carbocycles. The highest BCUT2D eigenvalue weighted by Crippen LogP contribution is 2.45. The highest BCUT2D eigenvalue weighted by molar-refractivity contribution is 5.58. The fourth-order valence-electron chi connectivity index (χ4n) is 4.85. The maximum absolute atomic E-state index is 12.4. The molecule has 1 atom stereocenters. The Kier molecular flexibility index (Phi) is 5.94. The minimum atomic E-state index is -2.88. The van der Waals surface area contributed by atoms with E-state index in [1.165, 1.54) is 12.1 Å². The van der Waals surface area contributed by atoms with Crippen LogP contribution in [0.15, 0.2) is 54.9 Å². The Morgan fingerprint density at radius 2 is 1.95 bits per heavy atom. The fourth-order valence-corrected chi connectivity index (χ4v) is 4.85. The third kappa shape index (κ3) is 4.65. The van der Waals surface area contributed by atoms with Crippen molar-refractivity contribution < 1.29 is 32.8 Å². The second kappa shape index (κ2) is 9.32. The molecule has 9 nitrogen and oxygen atoms in total.